The van der Waals surface area contributed by atoms with E-state index < -0.39 is 5.97 Å². The molecule has 0 spiro atoms. The van der Waals surface area contributed by atoms with Gasteiger partial charge in [-0.3, -0.25) is 14.2 Å². The normalized spacial score (nSPS) is 10.9. The Kier molecular flexibility index (Phi) is 8.19. The molecule has 2 heterocycles. The van der Waals surface area contributed by atoms with Gasteiger partial charge in [0.05, 0.1) is 24.1 Å². The van der Waals surface area contributed by atoms with Gasteiger partial charge >= 0.3 is 5.97 Å². The second-order valence-corrected chi connectivity index (χ2v) is 10.5. The summed E-state index contributed by atoms with van der Waals surface area (Å²) in [5.41, 5.74) is 6.70. The van der Waals surface area contributed by atoms with Gasteiger partial charge in [0.1, 0.15) is 5.69 Å². The summed E-state index contributed by atoms with van der Waals surface area (Å²) in [6, 6.07) is 26.5. The molecule has 0 amide bonds. The van der Waals surface area contributed by atoms with Crippen LogP contribution in [0.2, 0.25) is 10.0 Å². The third kappa shape index (κ3) is 6.01. The largest absolute Gasteiger partial charge is 0.476 e. The van der Waals surface area contributed by atoms with Crippen molar-refractivity contribution >= 4 is 57.3 Å². The van der Waals surface area contributed by atoms with Crippen LogP contribution in [-0.4, -0.2) is 36.9 Å². The molecule has 9 heteroatoms. The van der Waals surface area contributed by atoms with Gasteiger partial charge in [-0.2, -0.15) is 10.2 Å². The number of carbonyl (C=O) groups excluding carboxylic acids is 1. The summed E-state index contributed by atoms with van der Waals surface area (Å²) in [6.07, 6.45) is 0.799. The minimum absolute atomic E-state index is 0.0808. The minimum Gasteiger partial charge on any atom is -0.476 e. The third-order valence-corrected chi connectivity index (χ3v) is 7.38. The smallest absolute Gasteiger partial charge is 0.357 e. The number of halogens is 2. The number of aldehydes is 1. The quantitative estimate of drug-likeness (QED) is 0.203. The fourth-order valence-electron chi connectivity index (χ4n) is 4.76. The molecule has 41 heavy (non-hydrogen) atoms. The van der Waals surface area contributed by atoms with Crippen LogP contribution in [0.4, 0.5) is 0 Å². The number of carboxylic acid groups (broad SMARTS) is 1. The second kappa shape index (κ2) is 12.0. The van der Waals surface area contributed by atoms with Gasteiger partial charge in [0.2, 0.25) is 0 Å². The van der Waals surface area contributed by atoms with E-state index in [0.29, 0.717) is 29.2 Å². The first-order valence-electron chi connectivity index (χ1n) is 12.8. The van der Waals surface area contributed by atoms with Crippen LogP contribution >= 0.6 is 23.2 Å². The molecule has 0 saturated carbocycles. The first-order chi connectivity index (χ1) is 19.7. The predicted molar refractivity (Wildman–Crippen MR) is 162 cm³/mol. The maximum Gasteiger partial charge on any atom is 0.357 e. The Labute approximate surface area is 246 Å². The number of carbonyl (C=O) groups is 2. The minimum atomic E-state index is -1.02. The molecule has 1 N–H and O–H groups in total. The molecule has 206 valence electrons. The van der Waals surface area contributed by atoms with Gasteiger partial charge < -0.3 is 5.11 Å². The summed E-state index contributed by atoms with van der Waals surface area (Å²) < 4.78 is 3.57. The fraction of sp³-hybridized carbons (Fsp3) is 0.125. The number of aromatic carboxylic acids is 1. The monoisotopic (exact) mass is 584 g/mol. The van der Waals surface area contributed by atoms with Crippen LogP contribution in [0.5, 0.6) is 0 Å². The van der Waals surface area contributed by atoms with E-state index in [2.05, 4.69) is 10.2 Å². The molecule has 0 saturated heterocycles. The number of nitrogens with zero attached hydrogens (tertiary/aromatic N) is 4. The van der Waals surface area contributed by atoms with Gasteiger partial charge in [-0.1, -0.05) is 71.7 Å². The van der Waals surface area contributed by atoms with Crippen molar-refractivity contribution < 1.29 is 14.7 Å². The van der Waals surface area contributed by atoms with Crippen molar-refractivity contribution in [3.8, 4) is 0 Å². The van der Waals surface area contributed by atoms with Gasteiger partial charge in [0.25, 0.3) is 0 Å². The summed E-state index contributed by atoms with van der Waals surface area (Å²) in [7, 11) is 0. The average molecular weight is 585 g/mol. The van der Waals surface area contributed by atoms with Crippen molar-refractivity contribution in [2.24, 2.45) is 0 Å². The lowest BCUT2D eigenvalue weighted by molar-refractivity contribution is 0.0691. The fourth-order valence-corrected chi connectivity index (χ4v) is 5.22. The first kappa shape index (κ1) is 28.1. The van der Waals surface area contributed by atoms with Gasteiger partial charge in [-0.15, -0.1) is 0 Å². The lowest BCUT2D eigenvalue weighted by atomic mass is 10.1. The van der Waals surface area contributed by atoms with Crippen molar-refractivity contribution in [3.63, 3.8) is 0 Å². The van der Waals surface area contributed by atoms with Crippen LogP contribution in [0.1, 0.15) is 43.2 Å². The van der Waals surface area contributed by atoms with E-state index in [1.807, 2.05) is 97.4 Å². The molecule has 0 aliphatic rings. The molecule has 0 radical (unpaired) electrons. The van der Waals surface area contributed by atoms with Gasteiger partial charge in [0.15, 0.2) is 12.0 Å². The molecule has 0 aliphatic carbocycles. The van der Waals surface area contributed by atoms with Crippen LogP contribution in [-0.2, 0) is 13.1 Å². The Morgan fingerprint density at radius 2 is 1.24 bits per heavy atom. The van der Waals surface area contributed by atoms with Gasteiger partial charge in [0, 0.05) is 20.8 Å². The van der Waals surface area contributed by atoms with Crippen molar-refractivity contribution in [1.29, 1.82) is 0 Å². The molecule has 0 atom stereocenters. The van der Waals surface area contributed by atoms with E-state index in [1.165, 1.54) is 0 Å². The molecule has 2 aromatic heterocycles. The summed E-state index contributed by atoms with van der Waals surface area (Å²) in [6.45, 7) is 5.13. The standard InChI is InChI=1S/C16H13ClN2O2.C16H13ClN2O/c1-10-8-12(17)7-6-11(10)9-19-14-5-3-2-4-13(14)15(18-19)16(20)21;1-11-8-13(17)7-6-12(11)9-19-16-5-3-2-4-14(16)15(10-20)18-19/h2-8H,9H2,1H3,(H,20,21);2-8,10H,9H2,1H3. The Hall–Kier alpha value is -4.46. The molecule has 4 aromatic carbocycles. The predicted octanol–water partition coefficient (Wildman–Crippen LogP) is 7.60. The highest BCUT2D eigenvalue weighted by atomic mass is 35.5. The maximum absolute atomic E-state index is 11.3. The molecule has 0 bridgehead atoms. The number of aromatic nitrogens is 4. The second-order valence-electron chi connectivity index (χ2n) is 9.65. The molecular weight excluding hydrogens is 559 g/mol. The van der Waals surface area contributed by atoms with E-state index in [9.17, 15) is 14.7 Å². The van der Waals surface area contributed by atoms with Crippen molar-refractivity contribution in [3.05, 3.63) is 129 Å². The van der Waals surface area contributed by atoms with Crippen LogP contribution in [0.15, 0.2) is 84.9 Å². The SMILES string of the molecule is Cc1cc(Cl)ccc1Cn1nc(C(=O)O)c2ccccc21.Cc1cc(Cl)ccc1Cn1nc(C=O)c2ccccc21. The van der Waals surface area contributed by atoms with Gasteiger partial charge in [-0.25, -0.2) is 4.79 Å². The summed E-state index contributed by atoms with van der Waals surface area (Å²) in [5.74, 6) is -1.02. The van der Waals surface area contributed by atoms with E-state index in [1.54, 1.807) is 10.7 Å². The Bertz CT molecular complexity index is 1910. The lowest BCUT2D eigenvalue weighted by Crippen LogP contribution is -2.05. The van der Waals surface area contributed by atoms with Crippen LogP contribution in [0.25, 0.3) is 21.8 Å². The van der Waals surface area contributed by atoms with E-state index >= 15 is 0 Å². The summed E-state index contributed by atoms with van der Waals surface area (Å²) in [5, 5.41) is 20.8. The zero-order valence-electron chi connectivity index (χ0n) is 22.4. The van der Waals surface area contributed by atoms with Gasteiger partial charge in [-0.05, 0) is 72.5 Å². The molecule has 0 fully saturated rings. The molecule has 0 unspecified atom stereocenters. The maximum atomic E-state index is 11.3. The molecule has 6 rings (SSSR count). The number of hydrogen-bond acceptors (Lipinski definition) is 4. The summed E-state index contributed by atoms with van der Waals surface area (Å²) >= 11 is 11.9. The Morgan fingerprint density at radius 3 is 1.76 bits per heavy atom. The number of para-hydroxylation sites is 2. The molecular formula is C32H26Cl2N4O3. The lowest BCUT2D eigenvalue weighted by Gasteiger charge is -2.07. The van der Waals surface area contributed by atoms with Crippen LogP contribution in [0.3, 0.4) is 0 Å². The zero-order chi connectivity index (χ0) is 29.1. The zero-order valence-corrected chi connectivity index (χ0v) is 23.9. The topological polar surface area (TPSA) is 90.0 Å². The molecule has 6 aromatic rings. The van der Waals surface area contributed by atoms with Crippen molar-refractivity contribution in [2.75, 3.05) is 0 Å². The third-order valence-electron chi connectivity index (χ3n) is 6.91. The average Bonchev–Trinajstić information content (AvgIpc) is 3.51. The Balaban J connectivity index is 0.000000165. The van der Waals surface area contributed by atoms with Crippen LogP contribution < -0.4 is 0 Å². The van der Waals surface area contributed by atoms with Crippen LogP contribution in [0, 0.1) is 13.8 Å². The highest BCUT2D eigenvalue weighted by Gasteiger charge is 2.16. The van der Waals surface area contributed by atoms with Crippen molar-refractivity contribution in [1.82, 2.24) is 19.6 Å². The number of rotatable bonds is 6. The van der Waals surface area contributed by atoms with Crippen molar-refractivity contribution in [2.45, 2.75) is 26.9 Å². The molecule has 0 aliphatic heterocycles. The highest BCUT2D eigenvalue weighted by Crippen LogP contribution is 2.23. The number of hydrogen-bond donors (Lipinski definition) is 1. The number of aryl methyl sites for hydroxylation is 2. The summed E-state index contributed by atoms with van der Waals surface area (Å²) in [4.78, 5) is 22.4. The number of carboxylic acids is 1. The van der Waals surface area contributed by atoms with E-state index in [4.69, 9.17) is 23.2 Å². The number of benzene rings is 4. The molecule has 7 nitrogen and oxygen atoms in total. The first-order valence-corrected chi connectivity index (χ1v) is 13.6. The highest BCUT2D eigenvalue weighted by molar-refractivity contribution is 6.31. The van der Waals surface area contributed by atoms with E-state index in [0.717, 1.165) is 50.0 Å². The Morgan fingerprint density at radius 1 is 0.756 bits per heavy atom. The van der Waals surface area contributed by atoms with E-state index in [-0.39, 0.29) is 5.69 Å². The number of fused-ring (bicyclic) bond motifs is 2.